The quantitative estimate of drug-likeness (QED) is 0.119. The molecule has 6 aromatic carbocycles. The van der Waals surface area contributed by atoms with Crippen molar-refractivity contribution < 1.29 is 10.2 Å². The third kappa shape index (κ3) is 13.1. The number of phenolic OH excluding ortho intramolecular Hbond substituents is 2. The van der Waals surface area contributed by atoms with Crippen molar-refractivity contribution in [2.45, 2.75) is 363 Å². The summed E-state index contributed by atoms with van der Waals surface area (Å²) >= 11 is 0. The lowest BCUT2D eigenvalue weighted by atomic mass is 9.68. The summed E-state index contributed by atoms with van der Waals surface area (Å²) in [5, 5.41) is 24.9. The molecule has 18 aliphatic rings. The zero-order valence-corrected chi connectivity index (χ0v) is 82.8. The van der Waals surface area contributed by atoms with Crippen molar-refractivity contribution in [2.75, 3.05) is 0 Å². The van der Waals surface area contributed by atoms with Gasteiger partial charge in [0, 0.05) is 5.41 Å². The second-order valence-electron chi connectivity index (χ2n) is 51.3. The van der Waals surface area contributed by atoms with E-state index in [4.69, 9.17) is 0 Å². The Kier molecular flexibility index (Phi) is 21.4. The highest BCUT2D eigenvalue weighted by Crippen LogP contribution is 2.71. The summed E-state index contributed by atoms with van der Waals surface area (Å²) in [7, 11) is 0. The van der Waals surface area contributed by atoms with Gasteiger partial charge in [0.2, 0.25) is 0 Å². The highest BCUT2D eigenvalue weighted by atomic mass is 16.3. The van der Waals surface area contributed by atoms with E-state index >= 15 is 38.4 Å². The molecule has 0 radical (unpaired) electrons. The molecule has 10 aromatic rings. The van der Waals surface area contributed by atoms with Gasteiger partial charge in [0.15, 0.2) is 0 Å². The zero-order valence-electron chi connectivity index (χ0n) is 82.8. The summed E-state index contributed by atoms with van der Waals surface area (Å²) in [5.74, 6) is 15.6. The van der Waals surface area contributed by atoms with E-state index in [1.807, 2.05) is 13.8 Å². The Morgan fingerprint density at radius 1 is 0.201 bits per heavy atom. The summed E-state index contributed by atoms with van der Waals surface area (Å²) in [5.41, 5.74) is 5.25. The van der Waals surface area contributed by atoms with Crippen LogP contribution in [0.1, 0.15) is 402 Å². The van der Waals surface area contributed by atoms with E-state index in [2.05, 4.69) is 24.3 Å². The third-order valence-electron chi connectivity index (χ3n) is 46.0. The maximum atomic E-state index is 16.7. The van der Waals surface area contributed by atoms with Crippen LogP contribution in [0.25, 0.3) is 65.8 Å². The first-order chi connectivity index (χ1) is 67.9. The van der Waals surface area contributed by atoms with E-state index in [0.717, 1.165) is 44.2 Å². The van der Waals surface area contributed by atoms with Gasteiger partial charge < -0.3 is 10.2 Å². The molecule has 14 heteroatoms. The Hall–Kier alpha value is -8.52. The molecule has 24 atom stereocenters. The molecule has 18 fully saturated rings. The molecule has 0 amide bonds. The summed E-state index contributed by atoms with van der Waals surface area (Å²) in [6.45, 7) is 3.84. The molecule has 4 heterocycles. The molecule has 18 saturated carbocycles. The van der Waals surface area contributed by atoms with Gasteiger partial charge in [0.1, 0.15) is 11.5 Å². The minimum absolute atomic E-state index is 0.00253. The van der Waals surface area contributed by atoms with Gasteiger partial charge >= 0.3 is 0 Å². The van der Waals surface area contributed by atoms with Crippen molar-refractivity contribution in [1.82, 2.24) is 18.3 Å². The predicted molar refractivity (Wildman–Crippen MR) is 552 cm³/mol. The van der Waals surface area contributed by atoms with Crippen LogP contribution in [0.3, 0.4) is 0 Å². The Morgan fingerprint density at radius 2 is 0.360 bits per heavy atom. The molecule has 24 unspecified atom stereocenters. The highest BCUT2D eigenvalue weighted by molar-refractivity contribution is 6.00. The molecule has 0 spiro atoms. The van der Waals surface area contributed by atoms with Crippen LogP contribution in [0.4, 0.5) is 0 Å². The zero-order chi connectivity index (χ0) is 93.3. The van der Waals surface area contributed by atoms with E-state index in [1.54, 1.807) is 33.4 Å². The summed E-state index contributed by atoms with van der Waals surface area (Å²) in [6.07, 6.45) is 60.3. The van der Waals surface area contributed by atoms with Gasteiger partial charge in [0.25, 0.3) is 44.5 Å². The topological polar surface area (TPSA) is 197 Å². The molecule has 14 nitrogen and oxygen atoms in total. The van der Waals surface area contributed by atoms with E-state index in [0.29, 0.717) is 141 Å². The minimum atomic E-state index is -1.09. The number of fused-ring (bicyclic) bond motifs is 22. The molecule has 139 heavy (non-hydrogen) atoms. The number of benzene rings is 6. The predicted octanol–water partition coefficient (Wildman–Crippen LogP) is 26.1. The molecule has 18 aliphatic carbocycles. The first kappa shape index (κ1) is 88.2. The van der Waals surface area contributed by atoms with E-state index in [1.165, 1.54) is 378 Å². The van der Waals surface area contributed by atoms with Crippen molar-refractivity contribution in [3.63, 3.8) is 0 Å². The molecule has 4 aromatic heterocycles. The van der Waals surface area contributed by atoms with Gasteiger partial charge in [-0.05, 0) is 425 Å². The van der Waals surface area contributed by atoms with Crippen LogP contribution in [0.5, 0.6) is 11.5 Å². The number of aromatic hydroxyl groups is 2. The largest absolute Gasteiger partial charge is 0.506 e. The lowest BCUT2D eigenvalue weighted by Gasteiger charge is -2.38. The summed E-state index contributed by atoms with van der Waals surface area (Å²) in [4.78, 5) is 130. The number of hydrogen-bond donors (Lipinski definition) is 2. The van der Waals surface area contributed by atoms with Crippen molar-refractivity contribution in [2.24, 2.45) is 142 Å². The number of hydrogen-bond acceptors (Lipinski definition) is 10. The lowest BCUT2D eigenvalue weighted by molar-refractivity contribution is 0.184. The minimum Gasteiger partial charge on any atom is -0.506 e. The van der Waals surface area contributed by atoms with E-state index < -0.39 is 49.9 Å². The second kappa shape index (κ2) is 33.8. The molecular weight excluding hydrogens is 1720 g/mol. The van der Waals surface area contributed by atoms with Crippen LogP contribution in [0.15, 0.2) is 123 Å². The lowest BCUT2D eigenvalue weighted by Crippen LogP contribution is -2.32. The number of nitrogens with zero attached hydrogens (tertiary/aromatic N) is 4. The standard InChI is InChI=1S/C125H148N4O10/c1-125(2,67-51-53-107(130)105(59-67)126-117(132)93-61-97-98(62-94(93)118(126)133)122(137)128(121(97)136)115-101(111-85-43-19-7-31-73(85)74-32-8-20-44-86(74)111)55-65(109-81-39-15-3-27-69(81)70-28-4-16-40-82(70)109)56-102(115)112-87-45-21-9-33-75(87)76-34-10-22-46-88(76)112)68-52-54-108(131)106(60-68)127-119(134)95-63-99-100(64-96(95)120(127)135)124(139)129(123(99)138)116-103(113-89-47-23-11-35-77(89)78-36-12-24-48-90(78)113)57-66(110-83-41-17-5-29-71(83)72-30-6-18-42-84(72)110)58-104(116)114-91-49-25-13-37-79(91)80-38-14-26-50-92(80)114/h51-64,69-92,109-114,130-131H,3-50H2,1-2H3. The average molecular weight is 1870 g/mol. The molecular formula is C125H148N4O10. The average Bonchev–Trinajstić information content (AvgIpc) is 1.54. The third-order valence-corrected chi connectivity index (χ3v) is 46.0. The molecule has 28 rings (SSSR count). The maximum absolute atomic E-state index is 16.7. The van der Waals surface area contributed by atoms with E-state index in [9.17, 15) is 10.2 Å². The number of aromatic nitrogens is 4. The Morgan fingerprint density at radius 3 is 0.540 bits per heavy atom. The molecule has 728 valence electrons. The van der Waals surface area contributed by atoms with Gasteiger partial charge in [-0.25, -0.2) is 18.3 Å². The first-order valence-corrected chi connectivity index (χ1v) is 57.9. The van der Waals surface area contributed by atoms with Gasteiger partial charge in [-0.15, -0.1) is 0 Å². The van der Waals surface area contributed by atoms with Crippen molar-refractivity contribution in [3.05, 3.63) is 212 Å². The van der Waals surface area contributed by atoms with Crippen LogP contribution in [-0.4, -0.2) is 28.5 Å². The van der Waals surface area contributed by atoms with E-state index in [-0.39, 0.29) is 89.6 Å². The van der Waals surface area contributed by atoms with Crippen molar-refractivity contribution in [3.8, 4) is 34.2 Å². The van der Waals surface area contributed by atoms with Crippen LogP contribution < -0.4 is 44.5 Å². The first-order valence-electron chi connectivity index (χ1n) is 57.9. The Balaban J connectivity index is 0.557. The summed E-state index contributed by atoms with van der Waals surface area (Å²) < 4.78 is 5.24. The monoisotopic (exact) mass is 1870 g/mol. The fraction of sp³-hybridized carbons (Fsp3) is 0.648. The normalized spacial score (nSPS) is 37.3. The SMILES string of the molecule is CC(C)(c1ccc(O)c(-n2c(=O)c3cc4c(=O)n(-c5c(C6C7CCCCC7C7CCCCC76)cc(C6C7CCCCC7C7CCCCC76)cc5C5C6CCCCC6C6CCCCC65)c(=O)c4cc3c2=O)c1)c1ccc(O)c(-n2c(=O)c3cc4c(=O)n(-c5c(C6C7CCCCC7C7CCCCC76)cc(C6C7CCCCC7C7CCCCC76)cc5C5C6CCCCC6C6CCCCC65)c(=O)c4cc3c2=O)c1. The van der Waals surface area contributed by atoms with Crippen LogP contribution in [0, 0.1) is 142 Å². The second-order valence-corrected chi connectivity index (χ2v) is 51.3. The Bertz CT molecular complexity index is 6250. The summed E-state index contributed by atoms with van der Waals surface area (Å²) in [6, 6.07) is 26.4. The van der Waals surface area contributed by atoms with Gasteiger partial charge in [-0.1, -0.05) is 204 Å². The Labute approximate surface area is 817 Å². The van der Waals surface area contributed by atoms with Gasteiger partial charge in [-0.2, -0.15) is 0 Å². The highest BCUT2D eigenvalue weighted by Gasteiger charge is 2.62. The molecule has 2 N–H and O–H groups in total. The molecule has 0 bridgehead atoms. The van der Waals surface area contributed by atoms with Crippen molar-refractivity contribution in [1.29, 1.82) is 0 Å². The van der Waals surface area contributed by atoms with Crippen LogP contribution in [-0.2, 0) is 5.41 Å². The van der Waals surface area contributed by atoms with Crippen LogP contribution in [0.2, 0.25) is 0 Å². The van der Waals surface area contributed by atoms with Crippen molar-refractivity contribution >= 4 is 43.1 Å². The smallest absolute Gasteiger partial charge is 0.266 e. The number of phenols is 2. The molecule has 0 aliphatic heterocycles. The maximum Gasteiger partial charge on any atom is 0.266 e. The fourth-order valence-corrected chi connectivity index (χ4v) is 41.2. The number of rotatable bonds is 12. The molecule has 0 saturated heterocycles. The van der Waals surface area contributed by atoms with Gasteiger partial charge in [0.05, 0.1) is 65.8 Å². The fourth-order valence-electron chi connectivity index (χ4n) is 41.2. The van der Waals surface area contributed by atoms with Crippen LogP contribution >= 0.6 is 0 Å². The van der Waals surface area contributed by atoms with Gasteiger partial charge in [-0.3, -0.25) is 38.4 Å².